The Labute approximate surface area is 419 Å². The monoisotopic (exact) mass is 1090 g/mol. The molecular formula is C47H56B2Br2Cl2N2O12. The molecular weight excluding hydrogens is 1040 g/mol. The summed E-state index contributed by atoms with van der Waals surface area (Å²) in [5.41, 5.74) is 1.67. The third-order valence-electron chi connectivity index (χ3n) is 9.74. The Morgan fingerprint density at radius 2 is 1.19 bits per heavy atom. The van der Waals surface area contributed by atoms with E-state index in [1.807, 2.05) is 45.9 Å². The number of carbonyl (C=O) groups excluding carboxylic acids is 5. The first kappa shape index (κ1) is 58.7. The normalized spacial score (nSPS) is 14.2. The van der Waals surface area contributed by atoms with Gasteiger partial charge in [-0.25, -0.2) is 4.79 Å². The van der Waals surface area contributed by atoms with Gasteiger partial charge >= 0.3 is 26.2 Å². The number of aliphatic hydroxyl groups is 1. The first-order valence-electron chi connectivity index (χ1n) is 20.9. The number of ketones is 2. The number of aliphatic carboxylic acids is 1. The largest absolute Gasteiger partial charge is 0.531 e. The Kier molecular flexibility index (Phi) is 25.8. The van der Waals surface area contributed by atoms with Gasteiger partial charge in [0.15, 0.2) is 23.8 Å². The number of rotatable bonds is 19. The van der Waals surface area contributed by atoms with Gasteiger partial charge < -0.3 is 40.2 Å². The number of amides is 2. The third kappa shape index (κ3) is 20.4. The van der Waals surface area contributed by atoms with Crippen molar-refractivity contribution in [2.24, 2.45) is 11.8 Å². The molecule has 4 atom stereocenters. The zero-order chi connectivity index (χ0) is 49.1. The summed E-state index contributed by atoms with van der Waals surface area (Å²) in [6.45, 7) is 7.61. The van der Waals surface area contributed by atoms with Crippen LogP contribution in [0.25, 0.3) is 0 Å². The average Bonchev–Trinajstić information content (AvgIpc) is 3.67. The van der Waals surface area contributed by atoms with E-state index in [9.17, 15) is 38.8 Å². The predicted molar refractivity (Wildman–Crippen MR) is 267 cm³/mol. The van der Waals surface area contributed by atoms with Crippen molar-refractivity contribution in [3.63, 3.8) is 0 Å². The molecule has 1 fully saturated rings. The van der Waals surface area contributed by atoms with Crippen molar-refractivity contribution < 1.29 is 58.3 Å². The molecule has 0 aliphatic carbocycles. The fourth-order valence-corrected chi connectivity index (χ4v) is 7.78. The van der Waals surface area contributed by atoms with E-state index >= 15 is 0 Å². The molecule has 4 aromatic rings. The van der Waals surface area contributed by atoms with Gasteiger partial charge in [0.2, 0.25) is 0 Å². The van der Waals surface area contributed by atoms with Crippen LogP contribution in [0.5, 0.6) is 0 Å². The lowest BCUT2D eigenvalue weighted by molar-refractivity contribution is -0.147. The van der Waals surface area contributed by atoms with Crippen molar-refractivity contribution in [3.8, 4) is 0 Å². The number of carboxylic acids is 1. The molecule has 20 heteroatoms. The Bertz CT molecular complexity index is 2260. The molecule has 1 saturated heterocycles. The molecule has 4 aromatic carbocycles. The van der Waals surface area contributed by atoms with Crippen LogP contribution in [0.4, 0.5) is 0 Å². The van der Waals surface area contributed by atoms with Crippen molar-refractivity contribution in [1.29, 1.82) is 0 Å². The number of carbonyl (C=O) groups is 6. The molecule has 1 aliphatic heterocycles. The summed E-state index contributed by atoms with van der Waals surface area (Å²) in [6, 6.07) is 27.2. The van der Waals surface area contributed by atoms with E-state index in [0.29, 0.717) is 43.0 Å². The molecule has 360 valence electrons. The predicted octanol–water partition coefficient (Wildman–Crippen LogP) is 9.13. The molecule has 0 spiro atoms. The minimum Gasteiger partial charge on any atom is -0.507 e. The zero-order valence-electron chi connectivity index (χ0n) is 36.7. The topological polar surface area (TPSA) is 226 Å². The van der Waals surface area contributed by atoms with Gasteiger partial charge in [-0.1, -0.05) is 151 Å². The Morgan fingerprint density at radius 1 is 0.731 bits per heavy atom. The molecule has 0 aromatic heterocycles. The second-order valence-electron chi connectivity index (χ2n) is 16.2. The highest BCUT2D eigenvalue weighted by Crippen LogP contribution is 2.36. The van der Waals surface area contributed by atoms with Crippen LogP contribution in [-0.2, 0) is 28.5 Å². The lowest BCUT2D eigenvalue weighted by atomic mass is 9.65. The highest BCUT2D eigenvalue weighted by molar-refractivity contribution is 9.10. The maximum atomic E-state index is 12.7. The van der Waals surface area contributed by atoms with Gasteiger partial charge in [0.05, 0.1) is 34.3 Å². The molecule has 67 heavy (non-hydrogen) atoms. The van der Waals surface area contributed by atoms with Crippen LogP contribution >= 0.6 is 55.1 Å². The van der Waals surface area contributed by atoms with Crippen LogP contribution in [-0.4, -0.2) is 82.9 Å². The number of benzene rings is 4. The summed E-state index contributed by atoms with van der Waals surface area (Å²) in [4.78, 5) is 71.7. The number of aliphatic hydroxyl groups excluding tert-OH is 1. The van der Waals surface area contributed by atoms with Gasteiger partial charge in [-0.3, -0.25) is 24.0 Å². The van der Waals surface area contributed by atoms with Crippen LogP contribution in [0, 0.1) is 11.8 Å². The van der Waals surface area contributed by atoms with Gasteiger partial charge in [0.1, 0.15) is 0 Å². The quantitative estimate of drug-likeness (QED) is 0.0484. The standard InChI is InChI=1S/C23H24BBrClNO5.C15H20BBrClNO4.C8H8O3.CH4/c1-14(2)10-16(24-31-21(23(30)32-24)15-6-4-3-5-7-15)11-18(28)13-27-22(29)19-12-17(25)8-9-20(19)26;1-9(2)5-10(16(22)23)6-12(20)8-19-15(21)13-7-11(17)3-4-14(13)18;9-7(8(10)11)6-4-2-1-3-5-6;/h3-9,12,14,16,21H,10-11,13H2,1-2H3,(H,27,29);3-4,7,9-10,22-23H,5-6,8H2,1-2H3,(H,19,21);1-5,7,9H,(H,10,11);1H4/t16-,21?;10-;;/m11../s1. The molecule has 1 heterocycles. The summed E-state index contributed by atoms with van der Waals surface area (Å²) in [7, 11) is -2.36. The fourth-order valence-electron chi connectivity index (χ4n) is 6.65. The highest BCUT2D eigenvalue weighted by atomic mass is 79.9. The summed E-state index contributed by atoms with van der Waals surface area (Å²) < 4.78 is 12.8. The maximum absolute atomic E-state index is 12.7. The number of hydrogen-bond acceptors (Lipinski definition) is 11. The zero-order valence-corrected chi connectivity index (χ0v) is 41.3. The third-order valence-corrected chi connectivity index (χ3v) is 11.4. The number of nitrogens with one attached hydrogen (secondary N) is 2. The summed E-state index contributed by atoms with van der Waals surface area (Å²) >= 11 is 18.6. The second kappa shape index (κ2) is 29.5. The molecule has 6 N–H and O–H groups in total. The van der Waals surface area contributed by atoms with Gasteiger partial charge in [0.25, 0.3) is 11.8 Å². The van der Waals surface area contributed by atoms with Crippen molar-refractivity contribution in [3.05, 3.63) is 138 Å². The average molecular weight is 1090 g/mol. The fraction of sp³-hybridized carbons (Fsp3) is 0.362. The van der Waals surface area contributed by atoms with E-state index in [-0.39, 0.29) is 73.7 Å². The first-order valence-corrected chi connectivity index (χ1v) is 23.2. The smallest absolute Gasteiger partial charge is 0.507 e. The van der Waals surface area contributed by atoms with E-state index in [1.165, 1.54) is 0 Å². The van der Waals surface area contributed by atoms with E-state index in [0.717, 1.165) is 0 Å². The summed E-state index contributed by atoms with van der Waals surface area (Å²) in [5.74, 6) is -3.35. The molecule has 1 aliphatic rings. The summed E-state index contributed by atoms with van der Waals surface area (Å²) in [6.07, 6.45) is -0.932. The van der Waals surface area contributed by atoms with E-state index in [4.69, 9.17) is 42.7 Å². The molecule has 2 amide bonds. The Balaban J connectivity index is 0.000000383. The van der Waals surface area contributed by atoms with Crippen LogP contribution in [0.1, 0.15) is 105 Å². The number of hydrogen-bond donors (Lipinski definition) is 6. The van der Waals surface area contributed by atoms with Crippen molar-refractivity contribution >= 4 is 105 Å². The SMILES string of the molecule is C.CC(C)C[C@H](CC(=O)CNC(=O)c1cc(Br)ccc1Cl)B(O)O.CC(C)C[C@H](CC(=O)CNC(=O)c1cc(Br)ccc1Cl)B1OC(=O)C(c2ccccc2)O1.O=C(O)C(O)c1ccccc1. The first-order chi connectivity index (χ1) is 31.2. The molecule has 0 radical (unpaired) electrons. The summed E-state index contributed by atoms with van der Waals surface area (Å²) in [5, 5.41) is 41.8. The van der Waals surface area contributed by atoms with Crippen LogP contribution in [0.15, 0.2) is 106 Å². The van der Waals surface area contributed by atoms with Gasteiger partial charge in [0, 0.05) is 33.4 Å². The molecule has 0 saturated carbocycles. The minimum absolute atomic E-state index is 0. The Hall–Kier alpha value is -4.39. The lowest BCUT2D eigenvalue weighted by Crippen LogP contribution is -2.33. The van der Waals surface area contributed by atoms with Crippen molar-refractivity contribution in [2.45, 2.75) is 84.6 Å². The van der Waals surface area contributed by atoms with Gasteiger partial charge in [-0.05, 0) is 72.2 Å². The number of carboxylic acid groups (broad SMARTS) is 1. The number of halogens is 4. The van der Waals surface area contributed by atoms with Crippen LogP contribution in [0.2, 0.25) is 21.7 Å². The van der Waals surface area contributed by atoms with Gasteiger partial charge in [-0.15, -0.1) is 0 Å². The van der Waals surface area contributed by atoms with E-state index in [2.05, 4.69) is 42.5 Å². The highest BCUT2D eigenvalue weighted by Gasteiger charge is 2.46. The van der Waals surface area contributed by atoms with Crippen molar-refractivity contribution in [2.75, 3.05) is 13.1 Å². The van der Waals surface area contributed by atoms with Crippen LogP contribution in [0.3, 0.4) is 0 Å². The Morgan fingerprint density at radius 3 is 1.64 bits per heavy atom. The number of Topliss-reactive ketones (excluding diaryl/α,β-unsaturated/α-hetero) is 2. The van der Waals surface area contributed by atoms with Crippen molar-refractivity contribution in [1.82, 2.24) is 10.6 Å². The van der Waals surface area contributed by atoms with E-state index < -0.39 is 56.0 Å². The molecule has 5 rings (SSSR count). The minimum atomic E-state index is -1.54. The van der Waals surface area contributed by atoms with Gasteiger partial charge in [-0.2, -0.15) is 0 Å². The maximum Gasteiger partial charge on any atom is 0.531 e. The molecule has 2 unspecified atom stereocenters. The van der Waals surface area contributed by atoms with Crippen LogP contribution < -0.4 is 10.6 Å². The molecule has 14 nitrogen and oxygen atoms in total. The van der Waals surface area contributed by atoms with E-state index in [1.54, 1.807) is 78.9 Å². The lowest BCUT2D eigenvalue weighted by Gasteiger charge is -2.19. The molecule has 0 bridgehead atoms. The second-order valence-corrected chi connectivity index (χ2v) is 18.8.